The SMILES string of the molecule is COc1cc([N+](=O)[O-])ccc1N1CCN(C(=O)OC(C)(C)C)C(C)(C)C1. The lowest BCUT2D eigenvalue weighted by Crippen LogP contribution is -2.61. The molecule has 0 saturated carbocycles. The number of hydrogen-bond donors (Lipinski definition) is 0. The van der Waals surface area contributed by atoms with Crippen LogP contribution in [0.15, 0.2) is 18.2 Å². The molecule has 8 nitrogen and oxygen atoms in total. The molecular weight excluding hydrogens is 338 g/mol. The van der Waals surface area contributed by atoms with E-state index in [4.69, 9.17) is 9.47 Å². The second-order valence-corrected chi connectivity index (χ2v) is 7.98. The Balaban J connectivity index is 2.21. The van der Waals surface area contributed by atoms with Crippen LogP contribution in [-0.2, 0) is 4.74 Å². The van der Waals surface area contributed by atoms with E-state index < -0.39 is 16.1 Å². The van der Waals surface area contributed by atoms with Crippen LogP contribution in [-0.4, -0.2) is 53.8 Å². The van der Waals surface area contributed by atoms with E-state index in [-0.39, 0.29) is 11.8 Å². The third-order valence-electron chi connectivity index (χ3n) is 4.23. The molecule has 2 rings (SSSR count). The summed E-state index contributed by atoms with van der Waals surface area (Å²) < 4.78 is 10.9. The maximum Gasteiger partial charge on any atom is 0.410 e. The average Bonchev–Trinajstić information content (AvgIpc) is 2.51. The fraction of sp³-hybridized carbons (Fsp3) is 0.611. The molecule has 1 aliphatic heterocycles. The molecule has 0 spiro atoms. The van der Waals surface area contributed by atoms with Crippen molar-refractivity contribution in [2.75, 3.05) is 31.6 Å². The number of rotatable bonds is 3. The van der Waals surface area contributed by atoms with E-state index in [0.717, 1.165) is 5.69 Å². The highest BCUT2D eigenvalue weighted by molar-refractivity contribution is 5.70. The molecule has 1 amide bonds. The molecule has 0 radical (unpaired) electrons. The summed E-state index contributed by atoms with van der Waals surface area (Å²) in [5, 5.41) is 11.0. The number of carbonyl (C=O) groups is 1. The van der Waals surface area contributed by atoms with Crippen molar-refractivity contribution >= 4 is 17.5 Å². The minimum Gasteiger partial charge on any atom is -0.494 e. The first-order valence-corrected chi connectivity index (χ1v) is 8.52. The standard InChI is InChI=1S/C18H27N3O5/c1-17(2,3)26-16(22)20-10-9-19(12-18(20,4)5)14-8-7-13(21(23)24)11-15(14)25-6/h7-8,11H,9-10,12H2,1-6H3. The Morgan fingerprint density at radius 2 is 1.92 bits per heavy atom. The summed E-state index contributed by atoms with van der Waals surface area (Å²) in [4.78, 5) is 26.8. The van der Waals surface area contributed by atoms with Gasteiger partial charge in [0.1, 0.15) is 11.4 Å². The molecule has 0 aliphatic carbocycles. The fourth-order valence-electron chi connectivity index (χ4n) is 3.06. The van der Waals surface area contributed by atoms with E-state index in [1.807, 2.05) is 34.6 Å². The van der Waals surface area contributed by atoms with Crippen LogP contribution in [0.5, 0.6) is 5.75 Å². The zero-order valence-electron chi connectivity index (χ0n) is 16.2. The molecule has 0 aromatic heterocycles. The van der Waals surface area contributed by atoms with Gasteiger partial charge in [0.15, 0.2) is 0 Å². The predicted octanol–water partition coefficient (Wildman–Crippen LogP) is 3.44. The van der Waals surface area contributed by atoms with Crippen molar-refractivity contribution in [1.29, 1.82) is 0 Å². The summed E-state index contributed by atoms with van der Waals surface area (Å²) in [5.41, 5.74) is -0.258. The summed E-state index contributed by atoms with van der Waals surface area (Å²) >= 11 is 0. The van der Waals surface area contributed by atoms with Crippen LogP contribution >= 0.6 is 0 Å². The number of benzene rings is 1. The third-order valence-corrected chi connectivity index (χ3v) is 4.23. The number of non-ortho nitro benzene ring substituents is 1. The number of nitro benzene ring substituents is 1. The first-order chi connectivity index (χ1) is 11.9. The summed E-state index contributed by atoms with van der Waals surface area (Å²) in [7, 11) is 1.49. The van der Waals surface area contributed by atoms with Crippen LogP contribution in [0, 0.1) is 10.1 Å². The van der Waals surface area contributed by atoms with E-state index in [0.29, 0.717) is 25.4 Å². The van der Waals surface area contributed by atoms with Crippen LogP contribution in [0.2, 0.25) is 0 Å². The molecule has 8 heteroatoms. The molecule has 1 fully saturated rings. The Bertz CT molecular complexity index is 697. The second-order valence-electron chi connectivity index (χ2n) is 7.98. The van der Waals surface area contributed by atoms with E-state index in [1.165, 1.54) is 19.2 Å². The van der Waals surface area contributed by atoms with Gasteiger partial charge in [0, 0.05) is 25.7 Å². The first-order valence-electron chi connectivity index (χ1n) is 8.52. The fourth-order valence-corrected chi connectivity index (χ4v) is 3.06. The van der Waals surface area contributed by atoms with Crippen molar-refractivity contribution in [2.45, 2.75) is 45.8 Å². The zero-order chi connectivity index (χ0) is 19.7. The van der Waals surface area contributed by atoms with E-state index in [9.17, 15) is 14.9 Å². The average molecular weight is 365 g/mol. The molecule has 1 aromatic carbocycles. The number of hydrogen-bond acceptors (Lipinski definition) is 6. The van der Waals surface area contributed by atoms with Crippen molar-refractivity contribution < 1.29 is 19.2 Å². The minimum atomic E-state index is -0.550. The lowest BCUT2D eigenvalue weighted by atomic mass is 9.98. The van der Waals surface area contributed by atoms with Gasteiger partial charge < -0.3 is 14.4 Å². The highest BCUT2D eigenvalue weighted by Crippen LogP contribution is 2.35. The summed E-state index contributed by atoms with van der Waals surface area (Å²) in [6.45, 7) is 11.1. The molecular formula is C18H27N3O5. The Morgan fingerprint density at radius 1 is 1.27 bits per heavy atom. The molecule has 0 unspecified atom stereocenters. The molecule has 144 valence electrons. The van der Waals surface area contributed by atoms with Gasteiger partial charge in [-0.15, -0.1) is 0 Å². The first kappa shape index (κ1) is 19.8. The van der Waals surface area contributed by atoms with Gasteiger partial charge in [0.2, 0.25) is 0 Å². The van der Waals surface area contributed by atoms with E-state index in [2.05, 4.69) is 4.90 Å². The van der Waals surface area contributed by atoms with Gasteiger partial charge in [-0.1, -0.05) is 0 Å². The summed E-state index contributed by atoms with van der Waals surface area (Å²) in [6, 6.07) is 4.57. The molecule has 1 aliphatic rings. The van der Waals surface area contributed by atoms with Crippen molar-refractivity contribution in [1.82, 2.24) is 4.90 Å². The number of ether oxygens (including phenoxy) is 2. The maximum atomic E-state index is 12.5. The van der Waals surface area contributed by atoms with Gasteiger partial charge >= 0.3 is 6.09 Å². The predicted molar refractivity (Wildman–Crippen MR) is 98.9 cm³/mol. The summed E-state index contributed by atoms with van der Waals surface area (Å²) in [6.07, 6.45) is -0.335. The zero-order valence-corrected chi connectivity index (χ0v) is 16.2. The van der Waals surface area contributed by atoms with Crippen molar-refractivity contribution in [3.05, 3.63) is 28.3 Å². The number of anilines is 1. The third kappa shape index (κ3) is 4.36. The topological polar surface area (TPSA) is 85.2 Å². The van der Waals surface area contributed by atoms with Gasteiger partial charge in [-0.3, -0.25) is 15.0 Å². The van der Waals surface area contributed by atoms with Crippen LogP contribution in [0.4, 0.5) is 16.2 Å². The number of piperazine rings is 1. The molecule has 0 N–H and O–H groups in total. The van der Waals surface area contributed by atoms with Crippen LogP contribution < -0.4 is 9.64 Å². The molecule has 0 bridgehead atoms. The highest BCUT2D eigenvalue weighted by atomic mass is 16.6. The van der Waals surface area contributed by atoms with Crippen LogP contribution in [0.3, 0.4) is 0 Å². The summed E-state index contributed by atoms with van der Waals surface area (Å²) in [5.74, 6) is 0.445. The Kier molecular flexibility index (Phi) is 5.34. The number of methoxy groups -OCH3 is 1. The van der Waals surface area contributed by atoms with Gasteiger partial charge in [-0.05, 0) is 40.7 Å². The Morgan fingerprint density at radius 3 is 2.42 bits per heavy atom. The number of carbonyl (C=O) groups excluding carboxylic acids is 1. The minimum absolute atomic E-state index is 0.0164. The molecule has 0 atom stereocenters. The highest BCUT2D eigenvalue weighted by Gasteiger charge is 2.39. The maximum absolute atomic E-state index is 12.5. The lowest BCUT2D eigenvalue weighted by molar-refractivity contribution is -0.384. The smallest absolute Gasteiger partial charge is 0.410 e. The largest absolute Gasteiger partial charge is 0.494 e. The quantitative estimate of drug-likeness (QED) is 0.602. The second kappa shape index (κ2) is 7.01. The van der Waals surface area contributed by atoms with Crippen molar-refractivity contribution in [3.63, 3.8) is 0 Å². The van der Waals surface area contributed by atoms with Gasteiger partial charge in [0.05, 0.1) is 29.3 Å². The molecule has 1 saturated heterocycles. The lowest BCUT2D eigenvalue weighted by Gasteiger charge is -2.47. The molecule has 1 heterocycles. The van der Waals surface area contributed by atoms with Gasteiger partial charge in [-0.2, -0.15) is 0 Å². The normalized spacial score (nSPS) is 17.0. The van der Waals surface area contributed by atoms with E-state index in [1.54, 1.807) is 11.0 Å². The van der Waals surface area contributed by atoms with Crippen molar-refractivity contribution in [3.8, 4) is 5.75 Å². The van der Waals surface area contributed by atoms with Crippen molar-refractivity contribution in [2.24, 2.45) is 0 Å². The molecule has 26 heavy (non-hydrogen) atoms. The monoisotopic (exact) mass is 365 g/mol. The van der Waals surface area contributed by atoms with Crippen LogP contribution in [0.25, 0.3) is 0 Å². The molecule has 1 aromatic rings. The van der Waals surface area contributed by atoms with E-state index >= 15 is 0 Å². The number of nitrogens with zero attached hydrogens (tertiary/aromatic N) is 3. The Labute approximate surface area is 153 Å². The van der Waals surface area contributed by atoms with Gasteiger partial charge in [-0.25, -0.2) is 4.79 Å². The Hall–Kier alpha value is -2.51. The van der Waals surface area contributed by atoms with Crippen LogP contribution in [0.1, 0.15) is 34.6 Å². The van der Waals surface area contributed by atoms with Gasteiger partial charge in [0.25, 0.3) is 5.69 Å². The number of amides is 1. The number of nitro groups is 1.